The molecule has 1 aromatic heterocycles. The number of nitrogens with zero attached hydrogens (tertiary/aromatic N) is 2. The number of phenols is 1. The molecule has 0 aliphatic carbocycles. The molecule has 0 amide bonds. The van der Waals surface area contributed by atoms with Crippen LogP contribution in [0.4, 0.5) is 0 Å². The zero-order valence-electron chi connectivity index (χ0n) is 13.4. The number of benzene rings is 1. The SMILES string of the molecule is CCOC(=O)C1CCN(Cc2cc3ccc(O)cc3cn2)CC1. The number of phenolic OH excluding ortho intramolecular Hbond substituents is 1. The van der Waals surface area contributed by atoms with E-state index in [4.69, 9.17) is 4.74 Å². The average molecular weight is 314 g/mol. The van der Waals surface area contributed by atoms with Crippen LogP contribution in [0.1, 0.15) is 25.5 Å². The molecule has 0 radical (unpaired) electrons. The molecule has 1 N–H and O–H groups in total. The highest BCUT2D eigenvalue weighted by molar-refractivity contribution is 5.83. The standard InChI is InChI=1S/C18H22N2O3/c1-2-23-18(22)13-5-7-20(8-6-13)12-16-9-14-3-4-17(21)10-15(14)11-19-16/h3-4,9-11,13,21H,2,5-8,12H2,1H3. The number of carbonyl (C=O) groups excluding carboxylic acids is 1. The molecule has 1 aliphatic rings. The number of esters is 1. The van der Waals surface area contributed by atoms with Gasteiger partial charge in [-0.1, -0.05) is 6.07 Å². The summed E-state index contributed by atoms with van der Waals surface area (Å²) < 4.78 is 5.10. The predicted molar refractivity (Wildman–Crippen MR) is 88.0 cm³/mol. The van der Waals surface area contributed by atoms with Crippen molar-refractivity contribution < 1.29 is 14.6 Å². The van der Waals surface area contributed by atoms with Crippen LogP contribution in [0.5, 0.6) is 5.75 Å². The van der Waals surface area contributed by atoms with Gasteiger partial charge >= 0.3 is 5.97 Å². The van der Waals surface area contributed by atoms with Gasteiger partial charge in [-0.15, -0.1) is 0 Å². The molecule has 1 aliphatic heterocycles. The van der Waals surface area contributed by atoms with E-state index >= 15 is 0 Å². The predicted octanol–water partition coefficient (Wildman–Crippen LogP) is 2.72. The summed E-state index contributed by atoms with van der Waals surface area (Å²) in [5.74, 6) is 0.239. The normalized spacial score (nSPS) is 16.6. The van der Waals surface area contributed by atoms with Crippen LogP contribution >= 0.6 is 0 Å². The first kappa shape index (κ1) is 15.7. The Morgan fingerprint density at radius 2 is 2.09 bits per heavy atom. The number of pyridine rings is 1. The molecule has 5 heteroatoms. The quantitative estimate of drug-likeness (QED) is 0.879. The van der Waals surface area contributed by atoms with Gasteiger partial charge in [0.15, 0.2) is 0 Å². The van der Waals surface area contributed by atoms with E-state index in [1.54, 1.807) is 18.3 Å². The Hall–Kier alpha value is -2.14. The van der Waals surface area contributed by atoms with Crippen molar-refractivity contribution in [2.45, 2.75) is 26.3 Å². The maximum absolute atomic E-state index is 11.8. The molecule has 0 bridgehead atoms. The fourth-order valence-electron chi connectivity index (χ4n) is 3.08. The monoisotopic (exact) mass is 314 g/mol. The Bertz CT molecular complexity index is 694. The molecule has 0 saturated carbocycles. The summed E-state index contributed by atoms with van der Waals surface area (Å²) in [5.41, 5.74) is 1.01. The van der Waals surface area contributed by atoms with Crippen LogP contribution in [-0.2, 0) is 16.1 Å². The summed E-state index contributed by atoms with van der Waals surface area (Å²) in [6.45, 7) is 4.86. The Morgan fingerprint density at radius 1 is 1.30 bits per heavy atom. The summed E-state index contributed by atoms with van der Waals surface area (Å²) in [6, 6.07) is 7.38. The molecule has 23 heavy (non-hydrogen) atoms. The lowest BCUT2D eigenvalue weighted by Crippen LogP contribution is -2.36. The van der Waals surface area contributed by atoms with Crippen LogP contribution in [0.25, 0.3) is 10.8 Å². The van der Waals surface area contributed by atoms with E-state index in [-0.39, 0.29) is 17.6 Å². The molecular weight excluding hydrogens is 292 g/mol. The summed E-state index contributed by atoms with van der Waals surface area (Å²) in [6.07, 6.45) is 3.50. The van der Waals surface area contributed by atoms with Crippen molar-refractivity contribution in [1.29, 1.82) is 0 Å². The second kappa shape index (κ2) is 6.96. The first-order chi connectivity index (χ1) is 11.2. The van der Waals surface area contributed by atoms with Gasteiger partial charge in [0, 0.05) is 18.1 Å². The van der Waals surface area contributed by atoms with Crippen molar-refractivity contribution in [3.05, 3.63) is 36.2 Å². The van der Waals surface area contributed by atoms with Crippen molar-refractivity contribution in [2.24, 2.45) is 5.92 Å². The zero-order valence-corrected chi connectivity index (χ0v) is 13.4. The molecule has 0 atom stereocenters. The van der Waals surface area contributed by atoms with E-state index in [9.17, 15) is 9.90 Å². The molecular formula is C18H22N2O3. The Morgan fingerprint density at radius 3 is 2.83 bits per heavy atom. The molecule has 1 fully saturated rings. The molecule has 2 heterocycles. The maximum atomic E-state index is 11.8. The largest absolute Gasteiger partial charge is 0.508 e. The van der Waals surface area contributed by atoms with E-state index in [0.717, 1.165) is 48.9 Å². The van der Waals surface area contributed by atoms with Crippen molar-refractivity contribution in [3.63, 3.8) is 0 Å². The first-order valence-electron chi connectivity index (χ1n) is 8.12. The Balaban J connectivity index is 1.60. The second-order valence-electron chi connectivity index (χ2n) is 6.01. The van der Waals surface area contributed by atoms with Crippen LogP contribution in [-0.4, -0.2) is 40.7 Å². The van der Waals surface area contributed by atoms with Crippen LogP contribution in [0.15, 0.2) is 30.5 Å². The lowest BCUT2D eigenvalue weighted by Gasteiger charge is -2.30. The highest BCUT2D eigenvalue weighted by atomic mass is 16.5. The second-order valence-corrected chi connectivity index (χ2v) is 6.01. The minimum absolute atomic E-state index is 0.0405. The molecule has 3 rings (SSSR count). The van der Waals surface area contributed by atoms with Crippen LogP contribution in [0.2, 0.25) is 0 Å². The summed E-state index contributed by atoms with van der Waals surface area (Å²) in [5, 5.41) is 11.5. The summed E-state index contributed by atoms with van der Waals surface area (Å²) in [4.78, 5) is 18.6. The van der Waals surface area contributed by atoms with Crippen molar-refractivity contribution in [3.8, 4) is 5.75 Å². The first-order valence-corrected chi connectivity index (χ1v) is 8.12. The molecule has 1 saturated heterocycles. The molecule has 5 nitrogen and oxygen atoms in total. The van der Waals surface area contributed by atoms with E-state index in [1.165, 1.54) is 0 Å². The fraction of sp³-hybridized carbons (Fsp3) is 0.444. The molecule has 2 aromatic rings. The lowest BCUT2D eigenvalue weighted by atomic mass is 9.97. The lowest BCUT2D eigenvalue weighted by molar-refractivity contribution is -0.149. The summed E-state index contributed by atoms with van der Waals surface area (Å²) >= 11 is 0. The third kappa shape index (κ3) is 3.79. The third-order valence-corrected chi connectivity index (χ3v) is 4.36. The number of likely N-dealkylation sites (tertiary alicyclic amines) is 1. The number of hydrogen-bond acceptors (Lipinski definition) is 5. The number of piperidine rings is 1. The molecule has 122 valence electrons. The van der Waals surface area contributed by atoms with Gasteiger partial charge in [-0.05, 0) is 56.4 Å². The number of aromatic hydroxyl groups is 1. The van der Waals surface area contributed by atoms with Gasteiger partial charge in [-0.2, -0.15) is 0 Å². The summed E-state index contributed by atoms with van der Waals surface area (Å²) in [7, 11) is 0. The number of aromatic nitrogens is 1. The van der Waals surface area contributed by atoms with Gasteiger partial charge in [0.05, 0.1) is 18.2 Å². The van der Waals surface area contributed by atoms with Crippen LogP contribution < -0.4 is 0 Å². The van der Waals surface area contributed by atoms with E-state index in [1.807, 2.05) is 13.0 Å². The average Bonchev–Trinajstić information content (AvgIpc) is 2.56. The smallest absolute Gasteiger partial charge is 0.309 e. The Kier molecular flexibility index (Phi) is 4.76. The van der Waals surface area contributed by atoms with Gasteiger partial charge in [-0.3, -0.25) is 14.7 Å². The van der Waals surface area contributed by atoms with Crippen molar-refractivity contribution in [2.75, 3.05) is 19.7 Å². The number of rotatable bonds is 4. The zero-order chi connectivity index (χ0) is 16.2. The van der Waals surface area contributed by atoms with Crippen molar-refractivity contribution in [1.82, 2.24) is 9.88 Å². The molecule has 0 spiro atoms. The van der Waals surface area contributed by atoms with Gasteiger partial charge < -0.3 is 9.84 Å². The van der Waals surface area contributed by atoms with Gasteiger partial charge in [0.25, 0.3) is 0 Å². The van der Waals surface area contributed by atoms with Gasteiger partial charge in [0.1, 0.15) is 5.75 Å². The van der Waals surface area contributed by atoms with Gasteiger partial charge in [-0.25, -0.2) is 0 Å². The van der Waals surface area contributed by atoms with Crippen LogP contribution in [0, 0.1) is 5.92 Å². The number of hydrogen-bond donors (Lipinski definition) is 1. The highest BCUT2D eigenvalue weighted by Crippen LogP contribution is 2.22. The van der Waals surface area contributed by atoms with Crippen LogP contribution in [0.3, 0.4) is 0 Å². The molecule has 1 aromatic carbocycles. The maximum Gasteiger partial charge on any atom is 0.309 e. The highest BCUT2D eigenvalue weighted by Gasteiger charge is 2.26. The van der Waals surface area contributed by atoms with E-state index in [0.29, 0.717) is 6.61 Å². The van der Waals surface area contributed by atoms with E-state index < -0.39 is 0 Å². The fourth-order valence-corrected chi connectivity index (χ4v) is 3.08. The minimum Gasteiger partial charge on any atom is -0.508 e. The Labute approximate surface area is 135 Å². The topological polar surface area (TPSA) is 62.7 Å². The molecule has 0 unspecified atom stereocenters. The number of ether oxygens (including phenoxy) is 1. The van der Waals surface area contributed by atoms with Gasteiger partial charge in [0.2, 0.25) is 0 Å². The third-order valence-electron chi connectivity index (χ3n) is 4.36. The number of fused-ring (bicyclic) bond motifs is 1. The number of carbonyl (C=O) groups is 1. The van der Waals surface area contributed by atoms with Crippen molar-refractivity contribution >= 4 is 16.7 Å². The van der Waals surface area contributed by atoms with E-state index in [2.05, 4.69) is 16.0 Å². The minimum atomic E-state index is -0.0595.